The normalized spacial score (nSPS) is 14.6. The zero-order valence-electron chi connectivity index (χ0n) is 15.3. The van der Waals surface area contributed by atoms with Gasteiger partial charge in [0.25, 0.3) is 0 Å². The van der Waals surface area contributed by atoms with Gasteiger partial charge in [-0.05, 0) is 30.2 Å². The number of carbonyl (C=O) groups excluding carboxylic acids is 1. The molecule has 140 valence electrons. The van der Waals surface area contributed by atoms with E-state index in [1.807, 2.05) is 36.4 Å². The predicted molar refractivity (Wildman–Crippen MR) is 107 cm³/mol. The molecule has 1 fully saturated rings. The highest BCUT2D eigenvalue weighted by molar-refractivity contribution is 6.31. The quantitative estimate of drug-likeness (QED) is 0.859. The van der Waals surface area contributed by atoms with Crippen molar-refractivity contribution in [3.63, 3.8) is 0 Å². The Morgan fingerprint density at radius 2 is 1.96 bits per heavy atom. The van der Waals surface area contributed by atoms with Crippen LogP contribution in [0, 0.1) is 11.3 Å². The van der Waals surface area contributed by atoms with Crippen molar-refractivity contribution in [2.24, 2.45) is 0 Å². The maximum atomic E-state index is 12.4. The first-order valence-electron chi connectivity index (χ1n) is 9.02. The lowest BCUT2D eigenvalue weighted by Crippen LogP contribution is -2.49. The van der Waals surface area contributed by atoms with Gasteiger partial charge in [0.05, 0.1) is 11.6 Å². The maximum absolute atomic E-state index is 12.4. The Bertz CT molecular complexity index is 856. The molecule has 1 amide bonds. The van der Waals surface area contributed by atoms with E-state index in [0.717, 1.165) is 49.7 Å². The molecule has 0 atom stereocenters. The van der Waals surface area contributed by atoms with E-state index in [-0.39, 0.29) is 11.6 Å². The zero-order valence-corrected chi connectivity index (χ0v) is 16.0. The summed E-state index contributed by atoms with van der Waals surface area (Å²) in [5.74, 6) is 0.748. The van der Waals surface area contributed by atoms with Crippen molar-refractivity contribution in [3.8, 4) is 6.07 Å². The Morgan fingerprint density at radius 3 is 2.67 bits per heavy atom. The van der Waals surface area contributed by atoms with Crippen molar-refractivity contribution in [1.29, 1.82) is 5.26 Å². The largest absolute Gasteiger partial charge is 0.354 e. The standard InChI is InChI=1S/C20H22ClN5O/c1-2-15-5-3-4-6-17(15)24-20(27)14-25-9-11-26(12-10-25)19-8-7-16(21)18(13-22)23-19/h3-8H,2,9-12,14H2,1H3,(H,24,27). The number of anilines is 2. The Morgan fingerprint density at radius 1 is 1.22 bits per heavy atom. The number of halogens is 1. The second kappa shape index (κ2) is 8.85. The summed E-state index contributed by atoms with van der Waals surface area (Å²) in [6.45, 7) is 5.46. The van der Waals surface area contributed by atoms with Crippen LogP contribution in [-0.2, 0) is 11.2 Å². The highest BCUT2D eigenvalue weighted by Gasteiger charge is 2.20. The Balaban J connectivity index is 1.53. The van der Waals surface area contributed by atoms with Crippen LogP contribution in [0.25, 0.3) is 0 Å². The number of nitrogens with one attached hydrogen (secondary N) is 1. The highest BCUT2D eigenvalue weighted by atomic mass is 35.5. The Labute approximate surface area is 164 Å². The van der Waals surface area contributed by atoms with Gasteiger partial charge in [-0.25, -0.2) is 4.98 Å². The molecule has 3 rings (SSSR count). The molecule has 1 N–H and O–H groups in total. The number of nitrogens with zero attached hydrogens (tertiary/aromatic N) is 4. The van der Waals surface area contributed by atoms with Gasteiger partial charge in [-0.15, -0.1) is 0 Å². The Hall–Kier alpha value is -2.62. The molecule has 0 bridgehead atoms. The molecular weight excluding hydrogens is 362 g/mol. The molecule has 27 heavy (non-hydrogen) atoms. The van der Waals surface area contributed by atoms with Gasteiger partial charge < -0.3 is 10.2 Å². The van der Waals surface area contributed by atoms with E-state index in [2.05, 4.69) is 27.0 Å². The van der Waals surface area contributed by atoms with Crippen molar-refractivity contribution >= 4 is 29.0 Å². The molecule has 6 nitrogen and oxygen atoms in total. The first-order valence-corrected chi connectivity index (χ1v) is 9.40. The number of benzene rings is 1. The van der Waals surface area contributed by atoms with Crippen LogP contribution >= 0.6 is 11.6 Å². The summed E-state index contributed by atoms with van der Waals surface area (Å²) in [6, 6.07) is 13.4. The monoisotopic (exact) mass is 383 g/mol. The molecule has 0 saturated carbocycles. The van der Waals surface area contributed by atoms with Crippen LogP contribution in [0.4, 0.5) is 11.5 Å². The summed E-state index contributed by atoms with van der Waals surface area (Å²) in [5, 5.41) is 12.5. The van der Waals surface area contributed by atoms with Crippen LogP contribution in [0.15, 0.2) is 36.4 Å². The minimum atomic E-state index is 0.000680. The number of rotatable bonds is 5. The molecule has 2 aromatic rings. The molecular formula is C20H22ClN5O. The molecule has 1 aromatic heterocycles. The molecule has 1 saturated heterocycles. The van der Waals surface area contributed by atoms with Gasteiger partial charge >= 0.3 is 0 Å². The fraction of sp³-hybridized carbons (Fsp3) is 0.350. The van der Waals surface area contributed by atoms with Crippen LogP contribution in [0.1, 0.15) is 18.2 Å². The first kappa shape index (κ1) is 19.2. The average molecular weight is 384 g/mol. The van der Waals surface area contributed by atoms with E-state index >= 15 is 0 Å². The average Bonchev–Trinajstić information content (AvgIpc) is 2.69. The minimum Gasteiger partial charge on any atom is -0.354 e. The second-order valence-corrected chi connectivity index (χ2v) is 6.84. The van der Waals surface area contributed by atoms with Crippen molar-refractivity contribution in [3.05, 3.63) is 52.7 Å². The summed E-state index contributed by atoms with van der Waals surface area (Å²) < 4.78 is 0. The molecule has 1 aromatic carbocycles. The fourth-order valence-electron chi connectivity index (χ4n) is 3.16. The van der Waals surface area contributed by atoms with Crippen molar-refractivity contribution < 1.29 is 4.79 Å². The van der Waals surface area contributed by atoms with Crippen LogP contribution in [0.2, 0.25) is 5.02 Å². The predicted octanol–water partition coefficient (Wildman–Crippen LogP) is 2.93. The van der Waals surface area contributed by atoms with Gasteiger partial charge in [-0.1, -0.05) is 36.7 Å². The van der Waals surface area contributed by atoms with Gasteiger partial charge in [-0.3, -0.25) is 9.69 Å². The number of pyridine rings is 1. The van der Waals surface area contributed by atoms with Crippen LogP contribution < -0.4 is 10.2 Å². The van der Waals surface area contributed by atoms with Crippen molar-refractivity contribution in [1.82, 2.24) is 9.88 Å². The van der Waals surface area contributed by atoms with Crippen LogP contribution in [-0.4, -0.2) is 48.5 Å². The van der Waals surface area contributed by atoms with Crippen LogP contribution in [0.3, 0.4) is 0 Å². The van der Waals surface area contributed by atoms with Crippen molar-refractivity contribution in [2.45, 2.75) is 13.3 Å². The van der Waals surface area contributed by atoms with Crippen molar-refractivity contribution in [2.75, 3.05) is 42.9 Å². The Kier molecular flexibility index (Phi) is 6.28. The van der Waals surface area contributed by atoms with Gasteiger partial charge in [0.1, 0.15) is 11.9 Å². The van der Waals surface area contributed by atoms with Gasteiger partial charge in [0.15, 0.2) is 5.69 Å². The molecule has 0 unspecified atom stereocenters. The van der Waals surface area contributed by atoms with Gasteiger partial charge in [-0.2, -0.15) is 5.26 Å². The number of hydrogen-bond acceptors (Lipinski definition) is 5. The molecule has 0 aliphatic carbocycles. The summed E-state index contributed by atoms with van der Waals surface area (Å²) >= 11 is 5.95. The first-order chi connectivity index (χ1) is 13.1. The third-order valence-corrected chi connectivity index (χ3v) is 4.98. The molecule has 1 aliphatic heterocycles. The van der Waals surface area contributed by atoms with E-state index in [1.54, 1.807) is 6.07 Å². The SMILES string of the molecule is CCc1ccccc1NC(=O)CN1CCN(c2ccc(Cl)c(C#N)n2)CC1. The summed E-state index contributed by atoms with van der Waals surface area (Å²) in [7, 11) is 0. The third-order valence-electron chi connectivity index (χ3n) is 4.67. The summed E-state index contributed by atoms with van der Waals surface area (Å²) in [6.07, 6.45) is 0.883. The molecule has 1 aliphatic rings. The number of piperazine rings is 1. The molecule has 7 heteroatoms. The minimum absolute atomic E-state index is 0.000680. The van der Waals surface area contributed by atoms with E-state index in [4.69, 9.17) is 16.9 Å². The second-order valence-electron chi connectivity index (χ2n) is 6.43. The molecule has 0 radical (unpaired) electrons. The van der Waals surface area contributed by atoms with E-state index < -0.39 is 0 Å². The topological polar surface area (TPSA) is 72.3 Å². The number of aromatic nitrogens is 1. The number of hydrogen-bond donors (Lipinski definition) is 1. The number of para-hydroxylation sites is 1. The highest BCUT2D eigenvalue weighted by Crippen LogP contribution is 2.20. The molecule has 2 heterocycles. The third kappa shape index (κ3) is 4.76. The number of amides is 1. The fourth-order valence-corrected chi connectivity index (χ4v) is 3.31. The number of carbonyl (C=O) groups is 1. The number of nitriles is 1. The van der Waals surface area contributed by atoms with E-state index in [1.165, 1.54) is 0 Å². The van der Waals surface area contributed by atoms with Crippen LogP contribution in [0.5, 0.6) is 0 Å². The zero-order chi connectivity index (χ0) is 19.2. The summed E-state index contributed by atoms with van der Waals surface area (Å²) in [5.41, 5.74) is 2.27. The lowest BCUT2D eigenvalue weighted by atomic mass is 10.1. The smallest absolute Gasteiger partial charge is 0.238 e. The number of aryl methyl sites for hydroxylation is 1. The lowest BCUT2D eigenvalue weighted by molar-refractivity contribution is -0.117. The van der Waals surface area contributed by atoms with E-state index in [0.29, 0.717) is 11.6 Å². The summed E-state index contributed by atoms with van der Waals surface area (Å²) in [4.78, 5) is 20.9. The van der Waals surface area contributed by atoms with Gasteiger partial charge in [0, 0.05) is 31.9 Å². The maximum Gasteiger partial charge on any atom is 0.238 e. The van der Waals surface area contributed by atoms with Gasteiger partial charge in [0.2, 0.25) is 5.91 Å². The molecule has 0 spiro atoms. The van der Waals surface area contributed by atoms with E-state index in [9.17, 15) is 4.79 Å². The lowest BCUT2D eigenvalue weighted by Gasteiger charge is -2.35.